The number of carbonyl (C=O) groups is 5. The topological polar surface area (TPSA) is 166 Å². The van der Waals surface area contributed by atoms with E-state index in [2.05, 4.69) is 15.5 Å². The zero-order valence-corrected chi connectivity index (χ0v) is 34.3. The van der Waals surface area contributed by atoms with Crippen molar-refractivity contribution in [1.29, 1.82) is 0 Å². The second-order valence-electron chi connectivity index (χ2n) is 14.7. The van der Waals surface area contributed by atoms with Gasteiger partial charge in [-0.2, -0.15) is 0 Å². The zero-order valence-electron chi connectivity index (χ0n) is 32.7. The summed E-state index contributed by atoms with van der Waals surface area (Å²) in [6.07, 6.45) is 6.62. The fourth-order valence-corrected chi connectivity index (χ4v) is 8.70. The van der Waals surface area contributed by atoms with Crippen molar-refractivity contribution < 1.29 is 38.9 Å². The first-order valence-electron chi connectivity index (χ1n) is 19.6. The minimum Gasteiger partial charge on any atom is -0.481 e. The number of halogens is 1. The molecule has 308 valence electrons. The zero-order chi connectivity index (χ0) is 40.3. The Labute approximate surface area is 349 Å². The molecule has 2 heterocycles. The summed E-state index contributed by atoms with van der Waals surface area (Å²) in [7, 11) is 1.70. The van der Waals surface area contributed by atoms with Gasteiger partial charge in [-0.05, 0) is 110 Å². The fourth-order valence-electron chi connectivity index (χ4n) is 7.41. The maximum atomic E-state index is 13.9. The molecule has 0 radical (unpaired) electrons. The minimum absolute atomic E-state index is 0. The van der Waals surface area contributed by atoms with Gasteiger partial charge in [-0.25, -0.2) is 4.79 Å². The average molecular weight is 831 g/mol. The summed E-state index contributed by atoms with van der Waals surface area (Å²) in [5.74, 6) is -2.71. The van der Waals surface area contributed by atoms with E-state index in [0.29, 0.717) is 54.7 Å². The van der Waals surface area contributed by atoms with Gasteiger partial charge in [0.15, 0.2) is 0 Å². The van der Waals surface area contributed by atoms with Crippen LogP contribution in [-0.4, -0.2) is 89.1 Å². The molecular formula is C44H51ClN4O8S. The molecular weight excluding hydrogens is 780 g/mol. The highest BCUT2D eigenvalue weighted by atomic mass is 35.5. The summed E-state index contributed by atoms with van der Waals surface area (Å²) in [6.45, 7) is 2.89. The van der Waals surface area contributed by atoms with E-state index >= 15 is 0 Å². The highest BCUT2D eigenvalue weighted by Crippen LogP contribution is 2.39. The van der Waals surface area contributed by atoms with Crippen LogP contribution in [0.3, 0.4) is 0 Å². The van der Waals surface area contributed by atoms with E-state index in [1.54, 1.807) is 30.1 Å². The van der Waals surface area contributed by atoms with E-state index in [9.17, 15) is 24.0 Å². The van der Waals surface area contributed by atoms with Crippen molar-refractivity contribution in [3.63, 3.8) is 0 Å². The van der Waals surface area contributed by atoms with E-state index < -0.39 is 11.9 Å². The third-order valence-electron chi connectivity index (χ3n) is 10.7. The van der Waals surface area contributed by atoms with Crippen LogP contribution in [0.15, 0.2) is 72.8 Å². The number of carboxylic acids is 2. The number of rotatable bonds is 17. The Hall–Kier alpha value is -5.08. The standard InChI is InChI=1S/C44H50N4O8S.ClH/c1-47(38(49)19-20-39(50)51)23-24-48(35-21-25-56-26-22-35)28-31-5-4-6-33(27-31)41(52)46-43-40(36-7-2-3-8-37(36)57-43)42(53)45-34-17-13-30(14-18-34)10-9-29-11-15-32(16-12-29)44(54)55;/h4-6,11-18,27,35H,2-3,7-10,19-26,28H2,1H3,(H,45,53)(H,46,52)(H,50,51)(H,54,55);1H. The number of anilines is 2. The van der Waals surface area contributed by atoms with Crippen molar-refractivity contribution in [2.45, 2.75) is 76.8 Å². The Morgan fingerprint density at radius 3 is 2.12 bits per heavy atom. The van der Waals surface area contributed by atoms with Gasteiger partial charge in [-0.15, -0.1) is 23.7 Å². The number of nitrogens with zero attached hydrogens (tertiary/aromatic N) is 2. The van der Waals surface area contributed by atoms with Crippen LogP contribution in [0.4, 0.5) is 10.7 Å². The van der Waals surface area contributed by atoms with Gasteiger partial charge in [0.25, 0.3) is 11.8 Å². The number of likely N-dealkylation sites (N-methyl/N-ethyl adjacent to an activating group) is 1. The van der Waals surface area contributed by atoms with Crippen LogP contribution in [-0.2, 0) is 46.6 Å². The summed E-state index contributed by atoms with van der Waals surface area (Å²) in [6, 6.07) is 22.3. The van der Waals surface area contributed by atoms with Gasteiger partial charge in [0.2, 0.25) is 5.91 Å². The molecule has 3 amide bonds. The Balaban J connectivity index is 0.00000641. The normalized spacial score (nSPS) is 13.9. The summed E-state index contributed by atoms with van der Waals surface area (Å²) in [5.41, 5.74) is 5.98. The van der Waals surface area contributed by atoms with Crippen molar-refractivity contribution in [3.8, 4) is 0 Å². The molecule has 1 aromatic heterocycles. The summed E-state index contributed by atoms with van der Waals surface area (Å²) < 4.78 is 5.61. The lowest BCUT2D eigenvalue weighted by atomic mass is 9.95. The van der Waals surface area contributed by atoms with Crippen LogP contribution in [0.5, 0.6) is 0 Å². The second kappa shape index (κ2) is 21.1. The number of thiophene rings is 1. The predicted octanol–water partition coefficient (Wildman–Crippen LogP) is 7.34. The van der Waals surface area contributed by atoms with Gasteiger partial charge in [-0.1, -0.05) is 36.4 Å². The molecule has 1 aliphatic carbocycles. The molecule has 14 heteroatoms. The average Bonchev–Trinajstić information content (AvgIpc) is 3.59. The van der Waals surface area contributed by atoms with Gasteiger partial charge in [0.05, 0.1) is 17.5 Å². The molecule has 4 aromatic rings. The Morgan fingerprint density at radius 1 is 0.776 bits per heavy atom. The van der Waals surface area contributed by atoms with Crippen LogP contribution in [0.2, 0.25) is 0 Å². The number of hydrogen-bond acceptors (Lipinski definition) is 8. The Morgan fingerprint density at radius 2 is 1.45 bits per heavy atom. The number of carboxylic acid groups (broad SMARTS) is 2. The first-order chi connectivity index (χ1) is 27.5. The van der Waals surface area contributed by atoms with Gasteiger partial charge < -0.3 is 30.5 Å². The molecule has 0 saturated carbocycles. The first-order valence-corrected chi connectivity index (χ1v) is 20.4. The maximum Gasteiger partial charge on any atom is 0.335 e. The number of carbonyl (C=O) groups excluding carboxylic acids is 3. The Kier molecular flexibility index (Phi) is 16.0. The van der Waals surface area contributed by atoms with Crippen molar-refractivity contribution in [1.82, 2.24) is 9.80 Å². The monoisotopic (exact) mass is 830 g/mol. The molecule has 0 unspecified atom stereocenters. The van der Waals surface area contributed by atoms with E-state index in [4.69, 9.17) is 14.9 Å². The highest BCUT2D eigenvalue weighted by molar-refractivity contribution is 7.17. The lowest BCUT2D eigenvalue weighted by Crippen LogP contribution is -2.43. The number of aryl methyl sites for hydroxylation is 3. The van der Waals surface area contributed by atoms with Crippen LogP contribution in [0.1, 0.15) is 96.7 Å². The lowest BCUT2D eigenvalue weighted by molar-refractivity contribution is -0.140. The third-order valence-corrected chi connectivity index (χ3v) is 11.9. The second-order valence-corrected chi connectivity index (χ2v) is 15.9. The molecule has 4 N–H and O–H groups in total. The molecule has 0 atom stereocenters. The van der Waals surface area contributed by atoms with Crippen molar-refractivity contribution >= 4 is 64.1 Å². The number of ether oxygens (including phenoxy) is 1. The molecule has 2 aliphatic rings. The van der Waals surface area contributed by atoms with E-state index in [-0.39, 0.29) is 54.6 Å². The summed E-state index contributed by atoms with van der Waals surface area (Å²) in [5, 5.41) is 24.8. The third kappa shape index (κ3) is 12.0. The number of hydrogen-bond donors (Lipinski definition) is 4. The first kappa shape index (κ1) is 44.0. The number of nitrogens with one attached hydrogen (secondary N) is 2. The smallest absolute Gasteiger partial charge is 0.335 e. The number of aliphatic carboxylic acids is 1. The molecule has 1 saturated heterocycles. The van der Waals surface area contributed by atoms with E-state index in [0.717, 1.165) is 78.5 Å². The summed E-state index contributed by atoms with van der Waals surface area (Å²) >= 11 is 1.47. The molecule has 1 aliphatic heterocycles. The lowest BCUT2D eigenvalue weighted by Gasteiger charge is -2.35. The van der Waals surface area contributed by atoms with Crippen LogP contribution >= 0.6 is 23.7 Å². The highest BCUT2D eigenvalue weighted by Gasteiger charge is 2.28. The molecule has 6 rings (SSSR count). The number of benzene rings is 3. The van der Waals surface area contributed by atoms with Crippen molar-refractivity contribution in [2.75, 3.05) is 44.0 Å². The van der Waals surface area contributed by atoms with Crippen LogP contribution in [0.25, 0.3) is 0 Å². The molecule has 3 aromatic carbocycles. The molecule has 0 bridgehead atoms. The molecule has 1 fully saturated rings. The summed E-state index contributed by atoms with van der Waals surface area (Å²) in [4.78, 5) is 67.5. The van der Waals surface area contributed by atoms with Crippen molar-refractivity contribution in [3.05, 3.63) is 117 Å². The van der Waals surface area contributed by atoms with Gasteiger partial charge >= 0.3 is 11.9 Å². The van der Waals surface area contributed by atoms with Crippen molar-refractivity contribution in [2.24, 2.45) is 0 Å². The maximum absolute atomic E-state index is 13.9. The van der Waals surface area contributed by atoms with Crippen LogP contribution < -0.4 is 10.6 Å². The number of aromatic carboxylic acids is 1. The van der Waals surface area contributed by atoms with Gasteiger partial charge in [0.1, 0.15) is 5.00 Å². The minimum atomic E-state index is -0.998. The fraction of sp³-hybridized carbons (Fsp3) is 0.386. The van der Waals surface area contributed by atoms with E-state index in [1.165, 1.54) is 11.3 Å². The number of fused-ring (bicyclic) bond motifs is 1. The quantitative estimate of drug-likeness (QED) is 0.0852. The number of amides is 3. The van der Waals surface area contributed by atoms with Gasteiger partial charge in [-0.3, -0.25) is 24.1 Å². The molecule has 12 nitrogen and oxygen atoms in total. The SMILES string of the molecule is CN(CCN(Cc1cccc(C(=O)Nc2sc3c(c2C(=O)Nc2ccc(CCc4ccc(C(=O)O)cc4)cc2)CCCC3)c1)C1CCOCC1)C(=O)CCC(=O)O.Cl. The van der Waals surface area contributed by atoms with E-state index in [1.807, 2.05) is 54.6 Å². The van der Waals surface area contributed by atoms with Gasteiger partial charge in [0, 0.05) is 68.5 Å². The van der Waals surface area contributed by atoms with Crippen LogP contribution in [0, 0.1) is 0 Å². The predicted molar refractivity (Wildman–Crippen MR) is 227 cm³/mol. The largest absolute Gasteiger partial charge is 0.481 e. The Bertz CT molecular complexity index is 2060. The molecule has 58 heavy (non-hydrogen) atoms. The molecule has 0 spiro atoms.